The van der Waals surface area contributed by atoms with Crippen molar-refractivity contribution in [3.05, 3.63) is 90.5 Å². The summed E-state index contributed by atoms with van der Waals surface area (Å²) in [5.74, 6) is 1.51. The summed E-state index contributed by atoms with van der Waals surface area (Å²) >= 11 is 0. The van der Waals surface area contributed by atoms with E-state index in [2.05, 4.69) is 5.32 Å². The second-order valence-corrected chi connectivity index (χ2v) is 6.51. The molecule has 5 nitrogen and oxygen atoms in total. The quantitative estimate of drug-likeness (QED) is 0.514. The Morgan fingerprint density at radius 1 is 0.933 bits per heavy atom. The molecule has 5 heteroatoms. The molecule has 154 valence electrons. The lowest BCUT2D eigenvalue weighted by Crippen LogP contribution is -2.35. The summed E-state index contributed by atoms with van der Waals surface area (Å²) in [6.07, 6.45) is 3.97. The van der Waals surface area contributed by atoms with E-state index in [4.69, 9.17) is 9.47 Å². The largest absolute Gasteiger partial charge is 0.497 e. The summed E-state index contributed by atoms with van der Waals surface area (Å²) in [6, 6.07) is 24.5. The van der Waals surface area contributed by atoms with Crippen LogP contribution in [-0.4, -0.2) is 26.3 Å². The number of rotatable bonds is 8. The smallest absolute Gasteiger partial charge is 0.326 e. The molecular formula is C25H26N2O3. The molecule has 0 atom stereocenters. The van der Waals surface area contributed by atoms with E-state index in [1.165, 1.54) is 0 Å². The summed E-state index contributed by atoms with van der Waals surface area (Å²) in [5, 5.41) is 2.95. The maximum atomic E-state index is 13.0. The number of benzene rings is 3. The normalized spacial score (nSPS) is 10.6. The molecule has 0 aliphatic rings. The van der Waals surface area contributed by atoms with E-state index < -0.39 is 0 Å². The molecular weight excluding hydrogens is 376 g/mol. The van der Waals surface area contributed by atoms with E-state index in [-0.39, 0.29) is 6.03 Å². The van der Waals surface area contributed by atoms with Crippen LogP contribution < -0.4 is 19.7 Å². The van der Waals surface area contributed by atoms with Crippen molar-refractivity contribution in [2.75, 3.05) is 30.5 Å². The van der Waals surface area contributed by atoms with Gasteiger partial charge in [0.2, 0.25) is 0 Å². The van der Waals surface area contributed by atoms with Crippen LogP contribution in [0.1, 0.15) is 12.5 Å². The number of methoxy groups -OCH3 is 1. The van der Waals surface area contributed by atoms with Crippen LogP contribution in [0.2, 0.25) is 0 Å². The Morgan fingerprint density at radius 3 is 2.23 bits per heavy atom. The average Bonchev–Trinajstić information content (AvgIpc) is 2.79. The summed E-state index contributed by atoms with van der Waals surface area (Å²) in [4.78, 5) is 14.7. The van der Waals surface area contributed by atoms with Crippen molar-refractivity contribution in [3.8, 4) is 11.5 Å². The van der Waals surface area contributed by atoms with E-state index in [9.17, 15) is 4.79 Å². The summed E-state index contributed by atoms with van der Waals surface area (Å²) in [6.45, 7) is 2.96. The number of hydrogen-bond donors (Lipinski definition) is 1. The molecule has 0 bridgehead atoms. The van der Waals surface area contributed by atoms with Crippen LogP contribution >= 0.6 is 0 Å². The molecule has 0 aliphatic carbocycles. The zero-order valence-electron chi connectivity index (χ0n) is 17.2. The van der Waals surface area contributed by atoms with Crippen LogP contribution in [0, 0.1) is 0 Å². The Morgan fingerprint density at radius 2 is 1.60 bits per heavy atom. The van der Waals surface area contributed by atoms with Crippen LogP contribution in [0.3, 0.4) is 0 Å². The van der Waals surface area contributed by atoms with Gasteiger partial charge in [-0.3, -0.25) is 4.90 Å². The van der Waals surface area contributed by atoms with Gasteiger partial charge in [-0.05, 0) is 61.0 Å². The van der Waals surface area contributed by atoms with Crippen LogP contribution in [0.4, 0.5) is 16.2 Å². The predicted octanol–water partition coefficient (Wildman–Crippen LogP) is 5.85. The molecule has 0 aliphatic heterocycles. The average molecular weight is 402 g/mol. The zero-order chi connectivity index (χ0) is 21.2. The number of carbonyl (C=O) groups excluding carboxylic acids is 1. The van der Waals surface area contributed by atoms with E-state index in [0.717, 1.165) is 22.7 Å². The highest BCUT2D eigenvalue weighted by Crippen LogP contribution is 2.22. The lowest BCUT2D eigenvalue weighted by atomic mass is 10.2. The van der Waals surface area contributed by atoms with Crippen LogP contribution in [0.25, 0.3) is 6.08 Å². The van der Waals surface area contributed by atoms with Crippen molar-refractivity contribution >= 4 is 23.5 Å². The first-order valence-corrected chi connectivity index (χ1v) is 9.86. The minimum Gasteiger partial charge on any atom is -0.497 e. The lowest BCUT2D eigenvalue weighted by molar-refractivity contribution is 0.257. The summed E-state index contributed by atoms with van der Waals surface area (Å²) in [7, 11) is 1.61. The van der Waals surface area contributed by atoms with Crippen molar-refractivity contribution < 1.29 is 14.3 Å². The van der Waals surface area contributed by atoms with Gasteiger partial charge in [0.15, 0.2) is 0 Å². The number of nitrogens with zero attached hydrogens (tertiary/aromatic N) is 1. The van der Waals surface area contributed by atoms with Crippen molar-refractivity contribution in [2.45, 2.75) is 6.92 Å². The SMILES string of the molecule is CCOc1ccc(N(C/C=C/c2ccccc2)C(=O)Nc2ccc(OC)cc2)cc1. The number of anilines is 2. The number of carbonyl (C=O) groups is 1. The Labute approximate surface area is 177 Å². The molecule has 30 heavy (non-hydrogen) atoms. The van der Waals surface area contributed by atoms with Gasteiger partial charge >= 0.3 is 6.03 Å². The minimum atomic E-state index is -0.220. The first-order valence-electron chi connectivity index (χ1n) is 9.86. The number of amides is 2. The zero-order valence-corrected chi connectivity index (χ0v) is 17.2. The molecule has 0 unspecified atom stereocenters. The second-order valence-electron chi connectivity index (χ2n) is 6.51. The fourth-order valence-corrected chi connectivity index (χ4v) is 2.92. The minimum absolute atomic E-state index is 0.220. The molecule has 3 rings (SSSR count). The number of nitrogens with one attached hydrogen (secondary N) is 1. The first-order chi connectivity index (χ1) is 14.7. The Hall–Kier alpha value is -3.73. The number of urea groups is 1. The maximum Gasteiger partial charge on any atom is 0.326 e. The molecule has 3 aromatic rings. The van der Waals surface area contributed by atoms with Gasteiger partial charge in [0.25, 0.3) is 0 Å². The Kier molecular flexibility index (Phi) is 7.50. The van der Waals surface area contributed by atoms with Gasteiger partial charge in [-0.1, -0.05) is 42.5 Å². The highest BCUT2D eigenvalue weighted by molar-refractivity contribution is 6.02. The van der Waals surface area contributed by atoms with Crippen LogP contribution in [0.15, 0.2) is 84.9 Å². The monoisotopic (exact) mass is 402 g/mol. The van der Waals surface area contributed by atoms with Crippen molar-refractivity contribution in [3.63, 3.8) is 0 Å². The third-order valence-corrected chi connectivity index (χ3v) is 4.44. The van der Waals surface area contributed by atoms with E-state index in [0.29, 0.717) is 18.8 Å². The van der Waals surface area contributed by atoms with Gasteiger partial charge in [-0.2, -0.15) is 0 Å². The Bertz CT molecular complexity index is 952. The molecule has 0 spiro atoms. The van der Waals surface area contributed by atoms with Crippen molar-refractivity contribution in [2.24, 2.45) is 0 Å². The Balaban J connectivity index is 1.77. The highest BCUT2D eigenvalue weighted by Gasteiger charge is 2.15. The highest BCUT2D eigenvalue weighted by atomic mass is 16.5. The molecule has 0 radical (unpaired) electrons. The first kappa shape index (κ1) is 21.0. The second kappa shape index (κ2) is 10.7. The topological polar surface area (TPSA) is 50.8 Å². The summed E-state index contributed by atoms with van der Waals surface area (Å²) in [5.41, 5.74) is 2.56. The van der Waals surface area contributed by atoms with Crippen molar-refractivity contribution in [1.82, 2.24) is 0 Å². The maximum absolute atomic E-state index is 13.0. The molecule has 3 aromatic carbocycles. The van der Waals surface area contributed by atoms with Gasteiger partial charge in [0, 0.05) is 17.9 Å². The number of ether oxygens (including phenoxy) is 2. The number of hydrogen-bond acceptors (Lipinski definition) is 3. The van der Waals surface area contributed by atoms with Crippen LogP contribution in [-0.2, 0) is 0 Å². The van der Waals surface area contributed by atoms with Gasteiger partial charge in [-0.25, -0.2) is 4.79 Å². The lowest BCUT2D eigenvalue weighted by Gasteiger charge is -2.22. The van der Waals surface area contributed by atoms with Crippen LogP contribution in [0.5, 0.6) is 11.5 Å². The van der Waals surface area contributed by atoms with Gasteiger partial charge in [0.05, 0.1) is 13.7 Å². The fourth-order valence-electron chi connectivity index (χ4n) is 2.92. The molecule has 1 N–H and O–H groups in total. The fraction of sp³-hybridized carbons (Fsp3) is 0.160. The molecule has 2 amide bonds. The molecule has 0 saturated carbocycles. The molecule has 0 saturated heterocycles. The predicted molar refractivity (Wildman–Crippen MR) is 122 cm³/mol. The third kappa shape index (κ3) is 5.88. The summed E-state index contributed by atoms with van der Waals surface area (Å²) < 4.78 is 10.7. The van der Waals surface area contributed by atoms with E-state index >= 15 is 0 Å². The van der Waals surface area contributed by atoms with Gasteiger partial charge in [-0.15, -0.1) is 0 Å². The third-order valence-electron chi connectivity index (χ3n) is 4.44. The van der Waals surface area contributed by atoms with E-state index in [1.54, 1.807) is 12.0 Å². The molecule has 0 aromatic heterocycles. The van der Waals surface area contributed by atoms with Gasteiger partial charge < -0.3 is 14.8 Å². The molecule has 0 fully saturated rings. The van der Waals surface area contributed by atoms with Crippen molar-refractivity contribution in [1.29, 1.82) is 0 Å². The molecule has 0 heterocycles. The standard InChI is InChI=1S/C25H26N2O3/c1-3-30-24-17-13-22(14-18-24)27(19-7-10-20-8-5-4-6-9-20)25(28)26-21-11-15-23(29-2)16-12-21/h4-18H,3,19H2,1-2H3,(H,26,28)/b10-7+. The van der Waals surface area contributed by atoms with Gasteiger partial charge in [0.1, 0.15) is 11.5 Å². The van der Waals surface area contributed by atoms with E-state index in [1.807, 2.05) is 97.9 Å².